The van der Waals surface area contributed by atoms with E-state index in [9.17, 15) is 9.59 Å². The van der Waals surface area contributed by atoms with Crippen molar-refractivity contribution in [2.75, 3.05) is 26.2 Å². The Bertz CT molecular complexity index is 204. The first kappa shape index (κ1) is 10.2. The minimum atomic E-state index is 0.0113. The van der Waals surface area contributed by atoms with Crippen LogP contribution in [0.25, 0.3) is 0 Å². The van der Waals surface area contributed by atoms with E-state index in [1.54, 1.807) is 0 Å². The SMILES string of the molecule is CCNC(=O)CN1CCCC(=O)C1. The molecule has 1 saturated heterocycles. The smallest absolute Gasteiger partial charge is 0.234 e. The molecule has 74 valence electrons. The predicted octanol–water partition coefficient (Wildman–Crippen LogP) is -0.213. The van der Waals surface area contributed by atoms with Gasteiger partial charge < -0.3 is 5.32 Å². The third-order valence-electron chi connectivity index (χ3n) is 2.07. The number of nitrogens with zero attached hydrogens (tertiary/aromatic N) is 1. The first-order valence-electron chi connectivity index (χ1n) is 4.73. The number of amides is 1. The lowest BCUT2D eigenvalue weighted by Gasteiger charge is -2.24. The lowest BCUT2D eigenvalue weighted by atomic mass is 10.1. The molecule has 13 heavy (non-hydrogen) atoms. The maximum atomic E-state index is 11.2. The highest BCUT2D eigenvalue weighted by Gasteiger charge is 2.18. The van der Waals surface area contributed by atoms with Crippen LogP contribution >= 0.6 is 0 Å². The average molecular weight is 184 g/mol. The van der Waals surface area contributed by atoms with Gasteiger partial charge in [0.05, 0.1) is 13.1 Å². The molecule has 1 aliphatic rings. The minimum absolute atomic E-state index is 0.0113. The Morgan fingerprint density at radius 2 is 2.38 bits per heavy atom. The van der Waals surface area contributed by atoms with Crippen molar-refractivity contribution in [3.63, 3.8) is 0 Å². The molecule has 0 radical (unpaired) electrons. The normalized spacial score (nSPS) is 18.7. The van der Waals surface area contributed by atoms with E-state index in [1.807, 2.05) is 11.8 Å². The van der Waals surface area contributed by atoms with Gasteiger partial charge in [-0.3, -0.25) is 14.5 Å². The highest BCUT2D eigenvalue weighted by Crippen LogP contribution is 2.04. The van der Waals surface area contributed by atoms with Crippen LogP contribution in [0, 0.1) is 0 Å². The number of likely N-dealkylation sites (tertiary alicyclic amines) is 1. The predicted molar refractivity (Wildman–Crippen MR) is 49.4 cm³/mol. The summed E-state index contributed by atoms with van der Waals surface area (Å²) in [5, 5.41) is 2.72. The summed E-state index contributed by atoms with van der Waals surface area (Å²) in [5.74, 6) is 0.257. The number of nitrogens with one attached hydrogen (secondary N) is 1. The molecule has 0 aromatic rings. The molecule has 1 heterocycles. The summed E-state index contributed by atoms with van der Waals surface area (Å²) >= 11 is 0. The number of hydrogen-bond acceptors (Lipinski definition) is 3. The van der Waals surface area contributed by atoms with Crippen LogP contribution in [0.3, 0.4) is 0 Å². The second-order valence-electron chi connectivity index (χ2n) is 3.31. The number of Topliss-reactive ketones (excluding diaryl/α,β-unsaturated/α-hetero) is 1. The van der Waals surface area contributed by atoms with Gasteiger partial charge in [-0.05, 0) is 19.9 Å². The molecule has 0 aromatic heterocycles. The fourth-order valence-corrected chi connectivity index (χ4v) is 1.50. The first-order valence-corrected chi connectivity index (χ1v) is 4.73. The van der Waals surface area contributed by atoms with Gasteiger partial charge in [0.1, 0.15) is 5.78 Å². The molecule has 0 atom stereocenters. The molecule has 0 saturated carbocycles. The molecule has 1 rings (SSSR count). The lowest BCUT2D eigenvalue weighted by molar-refractivity contribution is -0.125. The summed E-state index contributed by atoms with van der Waals surface area (Å²) < 4.78 is 0. The first-order chi connectivity index (χ1) is 6.22. The Labute approximate surface area is 78.3 Å². The highest BCUT2D eigenvalue weighted by molar-refractivity contribution is 5.83. The number of carbonyl (C=O) groups is 2. The van der Waals surface area contributed by atoms with Crippen LogP contribution in [0.2, 0.25) is 0 Å². The summed E-state index contributed by atoms with van der Waals surface area (Å²) in [6, 6.07) is 0. The van der Waals surface area contributed by atoms with Crippen molar-refractivity contribution >= 4 is 11.7 Å². The van der Waals surface area contributed by atoms with Crippen LogP contribution in [-0.4, -0.2) is 42.8 Å². The van der Waals surface area contributed by atoms with Crippen molar-refractivity contribution in [3.05, 3.63) is 0 Å². The summed E-state index contributed by atoms with van der Waals surface area (Å²) in [7, 11) is 0. The average Bonchev–Trinajstić information content (AvgIpc) is 2.04. The van der Waals surface area contributed by atoms with Crippen molar-refractivity contribution < 1.29 is 9.59 Å². The van der Waals surface area contributed by atoms with Gasteiger partial charge in [0.15, 0.2) is 0 Å². The Morgan fingerprint density at radius 1 is 1.62 bits per heavy atom. The van der Waals surface area contributed by atoms with E-state index in [4.69, 9.17) is 0 Å². The van der Waals surface area contributed by atoms with E-state index in [0.717, 1.165) is 13.0 Å². The van der Waals surface area contributed by atoms with Crippen LogP contribution in [0.15, 0.2) is 0 Å². The van der Waals surface area contributed by atoms with Crippen LogP contribution in [0.4, 0.5) is 0 Å². The Hall–Kier alpha value is -0.900. The van der Waals surface area contributed by atoms with Crippen molar-refractivity contribution in [1.29, 1.82) is 0 Å². The van der Waals surface area contributed by atoms with E-state index in [1.165, 1.54) is 0 Å². The van der Waals surface area contributed by atoms with E-state index in [0.29, 0.717) is 26.1 Å². The molecule has 0 bridgehead atoms. The number of hydrogen-bond donors (Lipinski definition) is 1. The third-order valence-corrected chi connectivity index (χ3v) is 2.07. The Kier molecular flexibility index (Phi) is 3.89. The summed E-state index contributed by atoms with van der Waals surface area (Å²) in [5.41, 5.74) is 0. The molecule has 0 aliphatic carbocycles. The quantitative estimate of drug-likeness (QED) is 0.660. The van der Waals surface area contributed by atoms with E-state index < -0.39 is 0 Å². The van der Waals surface area contributed by atoms with Gasteiger partial charge in [-0.1, -0.05) is 0 Å². The number of likely N-dealkylation sites (N-methyl/N-ethyl adjacent to an activating group) is 1. The fraction of sp³-hybridized carbons (Fsp3) is 0.778. The monoisotopic (exact) mass is 184 g/mol. The molecule has 1 amide bonds. The van der Waals surface area contributed by atoms with Crippen LogP contribution in [0.5, 0.6) is 0 Å². The molecule has 1 fully saturated rings. The van der Waals surface area contributed by atoms with Crippen molar-refractivity contribution in [1.82, 2.24) is 10.2 Å². The van der Waals surface area contributed by atoms with E-state index in [2.05, 4.69) is 5.32 Å². The van der Waals surface area contributed by atoms with Crippen LogP contribution in [-0.2, 0) is 9.59 Å². The van der Waals surface area contributed by atoms with Gasteiger partial charge >= 0.3 is 0 Å². The fourth-order valence-electron chi connectivity index (χ4n) is 1.50. The lowest BCUT2D eigenvalue weighted by Crippen LogP contribution is -2.42. The van der Waals surface area contributed by atoms with E-state index in [-0.39, 0.29) is 11.7 Å². The molecule has 0 spiro atoms. The third kappa shape index (κ3) is 3.55. The van der Waals surface area contributed by atoms with Crippen molar-refractivity contribution in [2.45, 2.75) is 19.8 Å². The standard InChI is InChI=1S/C9H16N2O2/c1-2-10-9(13)7-11-5-3-4-8(12)6-11/h2-7H2,1H3,(H,10,13). The zero-order valence-corrected chi connectivity index (χ0v) is 8.01. The molecule has 4 heteroatoms. The number of ketones is 1. The minimum Gasteiger partial charge on any atom is -0.355 e. The van der Waals surface area contributed by atoms with E-state index >= 15 is 0 Å². The van der Waals surface area contributed by atoms with Crippen LogP contribution in [0.1, 0.15) is 19.8 Å². The molecular weight excluding hydrogens is 168 g/mol. The Morgan fingerprint density at radius 3 is 3.00 bits per heavy atom. The highest BCUT2D eigenvalue weighted by atomic mass is 16.2. The summed E-state index contributed by atoms with van der Waals surface area (Å²) in [6.07, 6.45) is 1.56. The molecule has 0 aromatic carbocycles. The molecule has 1 aliphatic heterocycles. The van der Waals surface area contributed by atoms with Crippen molar-refractivity contribution in [3.8, 4) is 0 Å². The molecular formula is C9H16N2O2. The number of rotatable bonds is 3. The van der Waals surface area contributed by atoms with Crippen LogP contribution < -0.4 is 5.32 Å². The molecule has 0 unspecified atom stereocenters. The largest absolute Gasteiger partial charge is 0.355 e. The van der Waals surface area contributed by atoms with Gasteiger partial charge in [0, 0.05) is 13.0 Å². The van der Waals surface area contributed by atoms with Crippen molar-refractivity contribution in [2.24, 2.45) is 0 Å². The van der Waals surface area contributed by atoms with Gasteiger partial charge in [-0.25, -0.2) is 0 Å². The van der Waals surface area contributed by atoms with Gasteiger partial charge in [0.25, 0.3) is 0 Å². The maximum Gasteiger partial charge on any atom is 0.234 e. The zero-order valence-electron chi connectivity index (χ0n) is 8.01. The second-order valence-corrected chi connectivity index (χ2v) is 3.31. The maximum absolute atomic E-state index is 11.2. The second kappa shape index (κ2) is 4.97. The van der Waals surface area contributed by atoms with Gasteiger partial charge in [-0.15, -0.1) is 0 Å². The number of piperidine rings is 1. The summed E-state index contributed by atoms with van der Waals surface area (Å²) in [6.45, 7) is 4.21. The van der Waals surface area contributed by atoms with Gasteiger partial charge in [-0.2, -0.15) is 0 Å². The molecule has 1 N–H and O–H groups in total. The summed E-state index contributed by atoms with van der Waals surface area (Å²) in [4.78, 5) is 24.1. The van der Waals surface area contributed by atoms with Gasteiger partial charge in [0.2, 0.25) is 5.91 Å². The zero-order chi connectivity index (χ0) is 9.68. The topological polar surface area (TPSA) is 49.4 Å². The molecule has 4 nitrogen and oxygen atoms in total. The number of carbonyl (C=O) groups excluding carboxylic acids is 2. The Balaban J connectivity index is 2.27.